The van der Waals surface area contributed by atoms with E-state index < -0.39 is 33.0 Å². The number of fused-ring (bicyclic) bond motifs is 5. The van der Waals surface area contributed by atoms with E-state index >= 15 is 0 Å². The maximum atomic E-state index is 11.9. The first-order valence-corrected chi connectivity index (χ1v) is 17.2. The monoisotopic (exact) mass is 580 g/mol. The van der Waals surface area contributed by atoms with Crippen LogP contribution in [0.1, 0.15) is 98.8 Å². The summed E-state index contributed by atoms with van der Waals surface area (Å²) in [6.45, 7) is 11.1. The molecule has 0 aromatic carbocycles. The quantitative estimate of drug-likeness (QED) is 0.318. The molecule has 0 radical (unpaired) electrons. The molecule has 4 aliphatic rings. The Morgan fingerprint density at radius 1 is 0.789 bits per heavy atom. The number of hydrogen-bond donors (Lipinski definition) is 3. The molecule has 38 heavy (non-hydrogen) atoms. The van der Waals surface area contributed by atoms with Gasteiger partial charge in [-0.3, -0.25) is 9.11 Å². The summed E-state index contributed by atoms with van der Waals surface area (Å²) in [6, 6.07) is 0. The molecular formula is C27H48O9S2. The zero-order chi connectivity index (χ0) is 28.3. The molecule has 4 saturated carbocycles. The molecule has 0 heterocycles. The molecule has 0 saturated heterocycles. The van der Waals surface area contributed by atoms with Crippen molar-refractivity contribution in [2.24, 2.45) is 52.3 Å². The summed E-state index contributed by atoms with van der Waals surface area (Å²) < 4.78 is 75.7. The predicted molar refractivity (Wildman–Crippen MR) is 143 cm³/mol. The Hall–Kier alpha value is -0.300. The van der Waals surface area contributed by atoms with Gasteiger partial charge in [-0.25, -0.2) is 8.37 Å². The highest BCUT2D eigenvalue weighted by molar-refractivity contribution is 7.81. The first-order chi connectivity index (χ1) is 17.4. The van der Waals surface area contributed by atoms with Crippen LogP contribution in [0.4, 0.5) is 0 Å². The van der Waals surface area contributed by atoms with Crippen LogP contribution in [-0.2, 0) is 29.2 Å². The summed E-state index contributed by atoms with van der Waals surface area (Å²) in [5.41, 5.74) is -0.268. The lowest BCUT2D eigenvalue weighted by Gasteiger charge is -2.62. The smallest absolute Gasteiger partial charge is 0.393 e. The summed E-state index contributed by atoms with van der Waals surface area (Å²) in [6.07, 6.45) is 5.79. The first kappa shape index (κ1) is 30.7. The summed E-state index contributed by atoms with van der Waals surface area (Å²) >= 11 is 0. The lowest BCUT2D eigenvalue weighted by Crippen LogP contribution is -2.59. The molecule has 0 aliphatic heterocycles. The van der Waals surface area contributed by atoms with Crippen molar-refractivity contribution in [3.8, 4) is 0 Å². The number of rotatable bonds is 9. The fourth-order valence-electron chi connectivity index (χ4n) is 9.69. The van der Waals surface area contributed by atoms with E-state index in [0.29, 0.717) is 42.9 Å². The molecule has 0 aromatic heterocycles. The number of hydrogen-bond acceptors (Lipinski definition) is 7. The average Bonchev–Trinajstić information content (AvgIpc) is 3.13. The second-order valence-corrected chi connectivity index (χ2v) is 15.9. The van der Waals surface area contributed by atoms with Crippen LogP contribution < -0.4 is 0 Å². The van der Waals surface area contributed by atoms with Crippen LogP contribution in [0.2, 0.25) is 0 Å². The maximum absolute atomic E-state index is 11.9. The van der Waals surface area contributed by atoms with Gasteiger partial charge < -0.3 is 5.11 Å². The third-order valence-corrected chi connectivity index (χ3v) is 12.5. The van der Waals surface area contributed by atoms with E-state index in [0.717, 1.165) is 38.5 Å². The van der Waals surface area contributed by atoms with E-state index in [9.17, 15) is 31.0 Å². The lowest BCUT2D eigenvalue weighted by molar-refractivity contribution is -0.166. The lowest BCUT2D eigenvalue weighted by atomic mass is 9.43. The van der Waals surface area contributed by atoms with Gasteiger partial charge in [-0.1, -0.05) is 34.6 Å². The molecule has 0 bridgehead atoms. The van der Waals surface area contributed by atoms with Crippen molar-refractivity contribution in [2.45, 2.75) is 117 Å². The Bertz CT molecular complexity index is 1060. The molecule has 4 rings (SSSR count). The van der Waals surface area contributed by atoms with Gasteiger partial charge in [-0.2, -0.15) is 16.8 Å². The zero-order valence-electron chi connectivity index (χ0n) is 23.5. The average molecular weight is 581 g/mol. The van der Waals surface area contributed by atoms with Crippen LogP contribution in [0, 0.1) is 52.3 Å². The van der Waals surface area contributed by atoms with Gasteiger partial charge in [0.15, 0.2) is 0 Å². The summed E-state index contributed by atoms with van der Waals surface area (Å²) in [7, 11) is -9.36. The molecule has 11 heteroatoms. The van der Waals surface area contributed by atoms with E-state index in [4.69, 9.17) is 8.37 Å². The van der Waals surface area contributed by atoms with Crippen LogP contribution >= 0.6 is 0 Å². The second kappa shape index (κ2) is 10.8. The van der Waals surface area contributed by atoms with Crippen LogP contribution in [0.15, 0.2) is 0 Å². The number of aliphatic hydroxyl groups excluding tert-OH is 1. The molecular weight excluding hydrogens is 532 g/mol. The van der Waals surface area contributed by atoms with E-state index in [1.807, 2.05) is 0 Å². The Kier molecular flexibility index (Phi) is 8.74. The third kappa shape index (κ3) is 6.14. The molecule has 3 N–H and O–H groups in total. The molecule has 4 fully saturated rings. The standard InChI is InChI=1S/C27H48O9S2/c1-16(2)6-9-24(28)17(3)20-7-8-21-19-15-25(36-38(32,33)34)23-14-18(35-37(29,30)31)10-12-27(23,5)22(19)11-13-26(20,21)4/h16-25,28H,6-15H2,1-5H3,(H,29,30,31)(H,32,33,34)/t17-,18-,19-,20+,21-,22-,23+,24+,25-,26+,27+/m0/s1. The van der Waals surface area contributed by atoms with Gasteiger partial charge in [0, 0.05) is 0 Å². The highest BCUT2D eigenvalue weighted by Gasteiger charge is 2.63. The molecule has 9 nitrogen and oxygen atoms in total. The SMILES string of the molecule is CC(C)CC[C@@H](O)[C@@H](C)[C@H]1CC[C@H]2[C@@H]3C[C@H](OS(=O)(=O)O)[C@H]4C[C@@H](OS(=O)(=O)O)CC[C@]4(C)[C@H]3CC[C@]12C. The summed E-state index contributed by atoms with van der Waals surface area (Å²) in [4.78, 5) is 0. The van der Waals surface area contributed by atoms with Crippen LogP contribution in [0.25, 0.3) is 0 Å². The largest absolute Gasteiger partial charge is 0.397 e. The highest BCUT2D eigenvalue weighted by Crippen LogP contribution is 2.69. The summed E-state index contributed by atoms with van der Waals surface area (Å²) in [5, 5.41) is 11.0. The van der Waals surface area contributed by atoms with Gasteiger partial charge in [-0.15, -0.1) is 0 Å². The molecule has 11 atom stereocenters. The van der Waals surface area contributed by atoms with Gasteiger partial charge >= 0.3 is 20.8 Å². The molecule has 4 aliphatic carbocycles. The fourth-order valence-corrected chi connectivity index (χ4v) is 10.7. The molecule has 222 valence electrons. The van der Waals surface area contributed by atoms with Crippen molar-refractivity contribution < 1.29 is 39.4 Å². The van der Waals surface area contributed by atoms with Crippen molar-refractivity contribution in [3.63, 3.8) is 0 Å². The minimum Gasteiger partial charge on any atom is -0.393 e. The van der Waals surface area contributed by atoms with Gasteiger partial charge in [0.2, 0.25) is 0 Å². The topological polar surface area (TPSA) is 147 Å². The maximum Gasteiger partial charge on any atom is 0.397 e. The fraction of sp³-hybridized carbons (Fsp3) is 1.00. The Morgan fingerprint density at radius 3 is 2.00 bits per heavy atom. The van der Waals surface area contributed by atoms with Crippen molar-refractivity contribution in [2.75, 3.05) is 0 Å². The van der Waals surface area contributed by atoms with E-state index in [2.05, 4.69) is 34.6 Å². The highest BCUT2D eigenvalue weighted by atomic mass is 32.3. The second-order valence-electron chi connectivity index (χ2n) is 13.8. The van der Waals surface area contributed by atoms with Gasteiger partial charge in [0.1, 0.15) is 0 Å². The minimum atomic E-state index is -4.72. The Morgan fingerprint density at radius 2 is 1.39 bits per heavy atom. The van der Waals surface area contributed by atoms with Gasteiger partial charge in [0.25, 0.3) is 0 Å². The third-order valence-electron chi connectivity index (χ3n) is 11.5. The molecule has 0 spiro atoms. The minimum absolute atomic E-state index is 0.0382. The van der Waals surface area contributed by atoms with Crippen LogP contribution in [0.3, 0.4) is 0 Å². The van der Waals surface area contributed by atoms with E-state index in [1.165, 1.54) is 0 Å². The molecule has 0 aromatic rings. The van der Waals surface area contributed by atoms with E-state index in [1.54, 1.807) is 0 Å². The van der Waals surface area contributed by atoms with Gasteiger partial charge in [0.05, 0.1) is 18.3 Å². The van der Waals surface area contributed by atoms with Gasteiger partial charge in [-0.05, 0) is 116 Å². The van der Waals surface area contributed by atoms with E-state index in [-0.39, 0.29) is 41.1 Å². The number of aliphatic hydroxyl groups is 1. The van der Waals surface area contributed by atoms with Crippen molar-refractivity contribution in [1.29, 1.82) is 0 Å². The molecule has 0 amide bonds. The summed E-state index contributed by atoms with van der Waals surface area (Å²) in [5.74, 6) is 1.69. The van der Waals surface area contributed by atoms with Crippen LogP contribution in [-0.4, -0.2) is 49.4 Å². The van der Waals surface area contributed by atoms with Crippen molar-refractivity contribution in [3.05, 3.63) is 0 Å². The predicted octanol–water partition coefficient (Wildman–Crippen LogP) is 5.06. The Balaban J connectivity index is 1.59. The molecule has 0 unspecified atom stereocenters. The first-order valence-electron chi connectivity index (χ1n) is 14.4. The zero-order valence-corrected chi connectivity index (χ0v) is 25.1. The van der Waals surface area contributed by atoms with Crippen molar-refractivity contribution in [1.82, 2.24) is 0 Å². The normalized spacial score (nSPS) is 43.2. The Labute approximate surface area is 229 Å². The van der Waals surface area contributed by atoms with Crippen molar-refractivity contribution >= 4 is 20.8 Å². The van der Waals surface area contributed by atoms with Crippen LogP contribution in [0.5, 0.6) is 0 Å².